The van der Waals surface area contributed by atoms with Crippen LogP contribution in [-0.2, 0) is 9.47 Å². The number of benzene rings is 2. The van der Waals surface area contributed by atoms with E-state index in [9.17, 15) is 15.0 Å². The molecule has 0 bridgehead atoms. The standard InChI is InChI=1S/C19H18Br2N2O5/c1-27-16(6-7-24)18(14-8-12(20)9-15(21)17(14)25)28-19(26)23-13-4-2-11(10-22)3-5-13/h2-5,8-9,16,18,24-25H,6-7H2,1H3,(H,23,26)/t16-,18-/m1/s1. The van der Waals surface area contributed by atoms with Crippen molar-refractivity contribution < 1.29 is 24.5 Å². The number of carbonyl (C=O) groups is 1. The zero-order valence-corrected chi connectivity index (χ0v) is 18.0. The Morgan fingerprint density at radius 3 is 2.54 bits per heavy atom. The van der Waals surface area contributed by atoms with Crippen LogP contribution in [0.15, 0.2) is 45.3 Å². The highest BCUT2D eigenvalue weighted by Gasteiger charge is 2.30. The van der Waals surface area contributed by atoms with Crippen LogP contribution >= 0.6 is 31.9 Å². The Hall–Kier alpha value is -2.12. The van der Waals surface area contributed by atoms with E-state index >= 15 is 0 Å². The van der Waals surface area contributed by atoms with Crippen molar-refractivity contribution in [1.82, 2.24) is 0 Å². The third-order valence-electron chi connectivity index (χ3n) is 3.91. The third kappa shape index (κ3) is 5.69. The molecule has 0 aliphatic rings. The number of aliphatic hydroxyl groups is 1. The van der Waals surface area contributed by atoms with Crippen LogP contribution in [0.3, 0.4) is 0 Å². The summed E-state index contributed by atoms with van der Waals surface area (Å²) in [5.41, 5.74) is 1.22. The van der Waals surface area contributed by atoms with Crippen LogP contribution in [0.25, 0.3) is 0 Å². The lowest BCUT2D eigenvalue weighted by Gasteiger charge is -2.27. The van der Waals surface area contributed by atoms with E-state index in [1.165, 1.54) is 7.11 Å². The number of phenolic OH excluding ortho intramolecular Hbond substituents is 1. The highest BCUT2D eigenvalue weighted by Crippen LogP contribution is 2.39. The van der Waals surface area contributed by atoms with E-state index in [0.29, 0.717) is 25.8 Å². The maximum absolute atomic E-state index is 12.4. The van der Waals surface area contributed by atoms with Crippen LogP contribution in [-0.4, -0.2) is 36.1 Å². The second-order valence-corrected chi connectivity index (χ2v) is 7.52. The Kier molecular flexibility index (Phi) is 8.26. The second-order valence-electron chi connectivity index (χ2n) is 5.75. The Labute approximate surface area is 179 Å². The van der Waals surface area contributed by atoms with Crippen molar-refractivity contribution >= 4 is 43.6 Å². The van der Waals surface area contributed by atoms with Gasteiger partial charge in [0.25, 0.3) is 0 Å². The Balaban J connectivity index is 2.29. The molecule has 0 aliphatic heterocycles. The predicted octanol–water partition coefficient (Wildman–Crippen LogP) is 4.48. The largest absolute Gasteiger partial charge is 0.506 e. The van der Waals surface area contributed by atoms with Crippen LogP contribution in [0.5, 0.6) is 5.75 Å². The number of hydrogen-bond donors (Lipinski definition) is 3. The minimum Gasteiger partial charge on any atom is -0.506 e. The van der Waals surface area contributed by atoms with E-state index in [2.05, 4.69) is 37.2 Å². The second kappa shape index (κ2) is 10.4. The van der Waals surface area contributed by atoms with Crippen molar-refractivity contribution in [2.24, 2.45) is 0 Å². The lowest BCUT2D eigenvalue weighted by molar-refractivity contribution is -0.0314. The molecule has 2 rings (SSSR count). The molecule has 0 aromatic heterocycles. The molecule has 28 heavy (non-hydrogen) atoms. The average molecular weight is 514 g/mol. The fourth-order valence-corrected chi connectivity index (χ4v) is 3.81. The first kappa shape index (κ1) is 22.2. The fraction of sp³-hybridized carbons (Fsp3) is 0.263. The van der Waals surface area contributed by atoms with E-state index in [1.54, 1.807) is 36.4 Å². The molecule has 7 nitrogen and oxygen atoms in total. The highest BCUT2D eigenvalue weighted by atomic mass is 79.9. The van der Waals surface area contributed by atoms with Gasteiger partial charge >= 0.3 is 6.09 Å². The van der Waals surface area contributed by atoms with Crippen LogP contribution < -0.4 is 5.32 Å². The monoisotopic (exact) mass is 512 g/mol. The first-order valence-corrected chi connectivity index (χ1v) is 9.77. The fourth-order valence-electron chi connectivity index (χ4n) is 2.55. The summed E-state index contributed by atoms with van der Waals surface area (Å²) in [5, 5.41) is 31.2. The van der Waals surface area contributed by atoms with E-state index in [0.717, 1.165) is 0 Å². The predicted molar refractivity (Wildman–Crippen MR) is 110 cm³/mol. The summed E-state index contributed by atoms with van der Waals surface area (Å²) in [6, 6.07) is 11.5. The van der Waals surface area contributed by atoms with Gasteiger partial charge in [-0.25, -0.2) is 4.79 Å². The van der Waals surface area contributed by atoms with Crippen LogP contribution in [0, 0.1) is 11.3 Å². The molecule has 9 heteroatoms. The number of nitriles is 1. The summed E-state index contributed by atoms with van der Waals surface area (Å²) >= 11 is 6.60. The molecule has 3 N–H and O–H groups in total. The van der Waals surface area contributed by atoms with E-state index in [1.807, 2.05) is 6.07 Å². The summed E-state index contributed by atoms with van der Waals surface area (Å²) in [5.74, 6) is -0.0978. The zero-order valence-electron chi connectivity index (χ0n) is 14.9. The molecule has 0 heterocycles. The molecule has 2 atom stereocenters. The number of aliphatic hydroxyl groups excluding tert-OH is 1. The number of amides is 1. The van der Waals surface area contributed by atoms with Gasteiger partial charge in [0.1, 0.15) is 11.9 Å². The Morgan fingerprint density at radius 2 is 1.96 bits per heavy atom. The number of ether oxygens (including phenoxy) is 2. The molecule has 1 amide bonds. The molecule has 0 aliphatic carbocycles. The molecular weight excluding hydrogens is 496 g/mol. The first-order chi connectivity index (χ1) is 13.4. The quantitative estimate of drug-likeness (QED) is 0.503. The topological polar surface area (TPSA) is 112 Å². The number of nitrogens with zero attached hydrogens (tertiary/aromatic N) is 1. The summed E-state index contributed by atoms with van der Waals surface area (Å²) in [7, 11) is 1.43. The van der Waals surface area contributed by atoms with E-state index < -0.39 is 18.3 Å². The van der Waals surface area contributed by atoms with Crippen molar-refractivity contribution in [3.8, 4) is 11.8 Å². The van der Waals surface area contributed by atoms with Crippen LogP contribution in [0.1, 0.15) is 23.7 Å². The van der Waals surface area contributed by atoms with Gasteiger partial charge in [-0.3, -0.25) is 5.32 Å². The van der Waals surface area contributed by atoms with E-state index in [-0.39, 0.29) is 18.8 Å². The summed E-state index contributed by atoms with van der Waals surface area (Å²) in [6.07, 6.45) is -2.26. The Bertz CT molecular complexity index is 868. The minimum absolute atomic E-state index is 0.0978. The lowest BCUT2D eigenvalue weighted by Crippen LogP contribution is -2.29. The summed E-state index contributed by atoms with van der Waals surface area (Å²) in [6.45, 7) is -0.189. The van der Waals surface area contributed by atoms with Crippen molar-refractivity contribution in [1.29, 1.82) is 5.26 Å². The molecule has 2 aromatic carbocycles. The van der Waals surface area contributed by atoms with Gasteiger partial charge in [-0.15, -0.1) is 0 Å². The minimum atomic E-state index is -0.982. The van der Waals surface area contributed by atoms with E-state index in [4.69, 9.17) is 14.7 Å². The molecule has 0 unspecified atom stereocenters. The number of nitrogens with one attached hydrogen (secondary N) is 1. The van der Waals surface area contributed by atoms with Gasteiger partial charge in [-0.1, -0.05) is 15.9 Å². The molecule has 0 saturated carbocycles. The number of methoxy groups -OCH3 is 1. The SMILES string of the molecule is CO[C@H](CCO)[C@H](OC(=O)Nc1ccc(C#N)cc1)c1cc(Br)cc(Br)c1O. The molecule has 0 saturated heterocycles. The van der Waals surface area contributed by atoms with Gasteiger partial charge in [0.05, 0.1) is 16.1 Å². The number of phenols is 1. The number of hydrogen-bond acceptors (Lipinski definition) is 6. The molecule has 2 aromatic rings. The van der Waals surface area contributed by atoms with Gasteiger partial charge in [-0.05, 0) is 52.3 Å². The van der Waals surface area contributed by atoms with Crippen molar-refractivity contribution in [2.45, 2.75) is 18.6 Å². The van der Waals surface area contributed by atoms with Crippen LogP contribution in [0.4, 0.5) is 10.5 Å². The smallest absolute Gasteiger partial charge is 0.412 e. The highest BCUT2D eigenvalue weighted by molar-refractivity contribution is 9.11. The molecule has 0 spiro atoms. The molecule has 148 valence electrons. The van der Waals surface area contributed by atoms with Crippen molar-refractivity contribution in [3.05, 3.63) is 56.5 Å². The number of halogens is 2. The summed E-state index contributed by atoms with van der Waals surface area (Å²) < 4.78 is 12.0. The third-order valence-corrected chi connectivity index (χ3v) is 4.97. The zero-order chi connectivity index (χ0) is 20.7. The molecule has 0 radical (unpaired) electrons. The van der Waals surface area contributed by atoms with Crippen molar-refractivity contribution in [3.63, 3.8) is 0 Å². The van der Waals surface area contributed by atoms with Gasteiger partial charge in [0, 0.05) is 35.9 Å². The normalized spacial score (nSPS) is 12.7. The molecular formula is C19H18Br2N2O5. The number of carbonyl (C=O) groups excluding carboxylic acids is 1. The van der Waals surface area contributed by atoms with Crippen LogP contribution in [0.2, 0.25) is 0 Å². The maximum atomic E-state index is 12.4. The van der Waals surface area contributed by atoms with Gasteiger partial charge < -0.3 is 19.7 Å². The number of aromatic hydroxyl groups is 1. The summed E-state index contributed by atoms with van der Waals surface area (Å²) in [4.78, 5) is 12.4. The Morgan fingerprint density at radius 1 is 1.29 bits per heavy atom. The maximum Gasteiger partial charge on any atom is 0.412 e. The number of rotatable bonds is 7. The average Bonchev–Trinajstić information content (AvgIpc) is 2.68. The molecule has 0 fully saturated rings. The van der Waals surface area contributed by atoms with Gasteiger partial charge in [-0.2, -0.15) is 5.26 Å². The van der Waals surface area contributed by atoms with Gasteiger partial charge in [0.2, 0.25) is 0 Å². The van der Waals surface area contributed by atoms with Gasteiger partial charge in [0.15, 0.2) is 6.10 Å². The lowest BCUT2D eigenvalue weighted by atomic mass is 10.0. The first-order valence-electron chi connectivity index (χ1n) is 8.19. The van der Waals surface area contributed by atoms with Crippen molar-refractivity contribution in [2.75, 3.05) is 19.0 Å². The number of anilines is 1.